The van der Waals surface area contributed by atoms with Crippen molar-refractivity contribution >= 4 is 14.3 Å². The average Bonchev–Trinajstić information content (AvgIpc) is 2.89. The van der Waals surface area contributed by atoms with Gasteiger partial charge in [-0.15, -0.1) is 0 Å². The van der Waals surface area contributed by atoms with Crippen molar-refractivity contribution in [2.45, 2.75) is 57.8 Å². The van der Waals surface area contributed by atoms with Gasteiger partial charge in [0.2, 0.25) is 0 Å². The third-order valence-electron chi connectivity index (χ3n) is 5.00. The second-order valence-electron chi connectivity index (χ2n) is 7.53. The van der Waals surface area contributed by atoms with Gasteiger partial charge in [-0.3, -0.25) is 4.79 Å². The van der Waals surface area contributed by atoms with Crippen LogP contribution < -0.4 is 0 Å². The summed E-state index contributed by atoms with van der Waals surface area (Å²) in [6.07, 6.45) is 3.57. The zero-order chi connectivity index (χ0) is 16.0. The summed E-state index contributed by atoms with van der Waals surface area (Å²) in [5.74, 6) is -0.0676. The van der Waals surface area contributed by atoms with Gasteiger partial charge in [0.25, 0.3) is 0 Å². The molecule has 0 heterocycles. The molecular weight excluding hydrogens is 292 g/mol. The maximum absolute atomic E-state index is 12.9. The van der Waals surface area contributed by atoms with Gasteiger partial charge in [0.1, 0.15) is 5.41 Å². The molecule has 0 bridgehead atoms. The first-order chi connectivity index (χ1) is 10.3. The van der Waals surface area contributed by atoms with Crippen molar-refractivity contribution in [1.29, 1.82) is 0 Å². The predicted molar refractivity (Wildman–Crippen MR) is 89.2 cm³/mol. The van der Waals surface area contributed by atoms with E-state index in [1.54, 1.807) is 0 Å². The van der Waals surface area contributed by atoms with Crippen LogP contribution in [0, 0.1) is 5.41 Å². The molecule has 1 saturated carbocycles. The molecule has 1 aromatic rings. The summed E-state index contributed by atoms with van der Waals surface area (Å²) in [7, 11) is -1.81. The van der Waals surface area contributed by atoms with Crippen molar-refractivity contribution in [1.82, 2.24) is 0 Å². The Hall–Kier alpha value is -1.13. The molecule has 0 saturated heterocycles. The van der Waals surface area contributed by atoms with Gasteiger partial charge in [0.15, 0.2) is 8.32 Å². The Bertz CT molecular complexity index is 592. The zero-order valence-corrected chi connectivity index (χ0v) is 15.1. The molecule has 120 valence electrons. The molecule has 2 atom stereocenters. The van der Waals surface area contributed by atoms with Crippen LogP contribution in [0.5, 0.6) is 0 Å². The molecule has 2 aliphatic rings. The van der Waals surface area contributed by atoms with Crippen molar-refractivity contribution in [3.63, 3.8) is 0 Å². The quantitative estimate of drug-likeness (QED) is 0.621. The van der Waals surface area contributed by atoms with Crippen LogP contribution in [-0.4, -0.2) is 20.9 Å². The molecule has 22 heavy (non-hydrogen) atoms. The predicted octanol–water partition coefficient (Wildman–Crippen LogP) is 4.02. The third-order valence-corrected chi connectivity index (χ3v) is 5.96. The number of ether oxygens (including phenoxy) is 1. The van der Waals surface area contributed by atoms with Gasteiger partial charge in [-0.05, 0) is 63.4 Å². The summed E-state index contributed by atoms with van der Waals surface area (Å²) < 4.78 is 12.2. The SMILES string of the molecule is CCOC(=O)[C@@]12CCC[C@]1(O[Si](C)(C)C)c1ccccc1C2. The van der Waals surface area contributed by atoms with Crippen LogP contribution in [-0.2, 0) is 26.0 Å². The van der Waals surface area contributed by atoms with Crippen LogP contribution >= 0.6 is 0 Å². The first-order valence-corrected chi connectivity index (χ1v) is 11.7. The van der Waals surface area contributed by atoms with E-state index in [2.05, 4.69) is 43.9 Å². The lowest BCUT2D eigenvalue weighted by Crippen LogP contribution is -2.51. The molecule has 0 spiro atoms. The van der Waals surface area contributed by atoms with E-state index in [0.29, 0.717) is 6.61 Å². The van der Waals surface area contributed by atoms with Crippen molar-refractivity contribution < 1.29 is 14.0 Å². The standard InChI is InChI=1S/C18H26O3Si/c1-5-20-16(19)17-11-8-12-18(17,21-22(2,3)4)15-10-7-6-9-14(15)13-17/h6-7,9-10H,5,8,11-13H2,1-4H3/t17-,18-/m0/s1. The topological polar surface area (TPSA) is 35.5 Å². The van der Waals surface area contributed by atoms with Gasteiger partial charge < -0.3 is 9.16 Å². The minimum absolute atomic E-state index is 0.0676. The molecular formula is C18H26O3Si. The number of carbonyl (C=O) groups is 1. The lowest BCUT2D eigenvalue weighted by molar-refractivity contribution is -0.168. The van der Waals surface area contributed by atoms with E-state index >= 15 is 0 Å². The van der Waals surface area contributed by atoms with Gasteiger partial charge in [0, 0.05) is 0 Å². The Morgan fingerprint density at radius 3 is 2.64 bits per heavy atom. The molecule has 1 aromatic carbocycles. The molecule has 1 fully saturated rings. The average molecular weight is 318 g/mol. The molecule has 0 N–H and O–H groups in total. The van der Waals surface area contributed by atoms with E-state index in [9.17, 15) is 4.79 Å². The maximum atomic E-state index is 12.9. The van der Waals surface area contributed by atoms with Gasteiger partial charge in [-0.2, -0.15) is 0 Å². The number of carbonyl (C=O) groups excluding carboxylic acids is 1. The molecule has 0 aromatic heterocycles. The highest BCUT2D eigenvalue weighted by Crippen LogP contribution is 2.63. The van der Waals surface area contributed by atoms with E-state index in [1.165, 1.54) is 11.1 Å². The minimum atomic E-state index is -1.81. The summed E-state index contributed by atoms with van der Waals surface area (Å²) in [5.41, 5.74) is 1.49. The highest BCUT2D eigenvalue weighted by Gasteiger charge is 2.66. The Morgan fingerprint density at radius 2 is 1.95 bits per heavy atom. The van der Waals surface area contributed by atoms with Crippen LogP contribution in [0.15, 0.2) is 24.3 Å². The lowest BCUT2D eigenvalue weighted by Gasteiger charge is -2.43. The molecule has 0 amide bonds. The monoisotopic (exact) mass is 318 g/mol. The molecule has 0 radical (unpaired) electrons. The highest BCUT2D eigenvalue weighted by molar-refractivity contribution is 6.69. The molecule has 0 unspecified atom stereocenters. The van der Waals surface area contributed by atoms with E-state index in [4.69, 9.17) is 9.16 Å². The molecule has 3 rings (SSSR count). The third kappa shape index (κ3) is 2.15. The second-order valence-corrected chi connectivity index (χ2v) is 12.0. The molecule has 2 aliphatic carbocycles. The van der Waals surface area contributed by atoms with E-state index in [1.807, 2.05) is 6.92 Å². The van der Waals surface area contributed by atoms with E-state index in [-0.39, 0.29) is 5.97 Å². The van der Waals surface area contributed by atoms with Gasteiger partial charge in [0.05, 0.1) is 12.2 Å². The first-order valence-electron chi connectivity index (χ1n) is 8.30. The van der Waals surface area contributed by atoms with Crippen molar-refractivity contribution in [2.75, 3.05) is 6.61 Å². The second kappa shape index (κ2) is 5.20. The normalized spacial score (nSPS) is 30.0. The van der Waals surface area contributed by atoms with E-state index in [0.717, 1.165) is 25.7 Å². The van der Waals surface area contributed by atoms with Crippen molar-refractivity contribution in [2.24, 2.45) is 5.41 Å². The number of hydrogen-bond donors (Lipinski definition) is 0. The Kier molecular flexibility index (Phi) is 3.73. The molecule has 4 heteroatoms. The maximum Gasteiger partial charge on any atom is 0.315 e. The van der Waals surface area contributed by atoms with Gasteiger partial charge in [-0.1, -0.05) is 24.3 Å². The number of esters is 1. The van der Waals surface area contributed by atoms with Crippen molar-refractivity contribution in [3.05, 3.63) is 35.4 Å². The fraction of sp³-hybridized carbons (Fsp3) is 0.611. The summed E-state index contributed by atoms with van der Waals surface area (Å²) in [6.45, 7) is 8.93. The van der Waals surface area contributed by atoms with Gasteiger partial charge >= 0.3 is 5.97 Å². The first kappa shape index (κ1) is 15.8. The fourth-order valence-corrected chi connectivity index (χ4v) is 5.88. The minimum Gasteiger partial charge on any atom is -0.465 e. The van der Waals surface area contributed by atoms with Crippen LogP contribution in [0.25, 0.3) is 0 Å². The molecule has 0 aliphatic heterocycles. The van der Waals surface area contributed by atoms with Crippen LogP contribution in [0.2, 0.25) is 19.6 Å². The molecule has 3 nitrogen and oxygen atoms in total. The van der Waals surface area contributed by atoms with Gasteiger partial charge in [-0.25, -0.2) is 0 Å². The van der Waals surface area contributed by atoms with E-state index < -0.39 is 19.3 Å². The van der Waals surface area contributed by atoms with Crippen molar-refractivity contribution in [3.8, 4) is 0 Å². The largest absolute Gasteiger partial charge is 0.465 e. The number of rotatable bonds is 4. The Morgan fingerprint density at radius 1 is 1.23 bits per heavy atom. The summed E-state index contributed by atoms with van der Waals surface area (Å²) in [4.78, 5) is 12.9. The summed E-state index contributed by atoms with van der Waals surface area (Å²) >= 11 is 0. The summed E-state index contributed by atoms with van der Waals surface area (Å²) in [6, 6.07) is 8.42. The zero-order valence-electron chi connectivity index (χ0n) is 14.1. The van der Waals surface area contributed by atoms with Crippen LogP contribution in [0.3, 0.4) is 0 Å². The number of hydrogen-bond acceptors (Lipinski definition) is 3. The number of fused-ring (bicyclic) bond motifs is 3. The number of benzene rings is 1. The summed E-state index contributed by atoms with van der Waals surface area (Å²) in [5, 5.41) is 0. The lowest BCUT2D eigenvalue weighted by atomic mass is 9.75. The Labute approximate surface area is 134 Å². The smallest absolute Gasteiger partial charge is 0.315 e. The highest BCUT2D eigenvalue weighted by atomic mass is 28.4. The van der Waals surface area contributed by atoms with Crippen LogP contribution in [0.4, 0.5) is 0 Å². The Balaban J connectivity index is 2.15. The van der Waals surface area contributed by atoms with Crippen LogP contribution in [0.1, 0.15) is 37.3 Å². The fourth-order valence-electron chi connectivity index (χ4n) is 4.43.